The Morgan fingerprint density at radius 2 is 2.30 bits per heavy atom. The van der Waals surface area contributed by atoms with Gasteiger partial charge in [0.2, 0.25) is 0 Å². The normalized spacial score (nSPS) is 21.2. The van der Waals surface area contributed by atoms with Crippen LogP contribution < -0.4 is 0 Å². The van der Waals surface area contributed by atoms with Crippen LogP contribution in [-0.4, -0.2) is 35.1 Å². The molecule has 110 valence electrons. The maximum absolute atomic E-state index is 9.75. The number of aromatic hydroxyl groups is 1. The third kappa shape index (κ3) is 3.37. The van der Waals surface area contributed by atoms with Crippen LogP contribution in [0.15, 0.2) is 11.2 Å². The number of hydrogen-bond acceptors (Lipinski definition) is 4. The molecule has 0 saturated carbocycles. The Bertz CT molecular complexity index is 480. The highest BCUT2D eigenvalue weighted by atomic mass is 16.5. The molecule has 1 aliphatic rings. The van der Waals surface area contributed by atoms with Crippen LogP contribution in [0, 0.1) is 13.8 Å². The van der Waals surface area contributed by atoms with Crippen LogP contribution >= 0.6 is 0 Å². The second kappa shape index (κ2) is 6.84. The largest absolute Gasteiger partial charge is 0.506 e. The maximum atomic E-state index is 9.75. The van der Waals surface area contributed by atoms with Crippen LogP contribution in [0.3, 0.4) is 0 Å². The van der Waals surface area contributed by atoms with Gasteiger partial charge in [0.15, 0.2) is 0 Å². The fraction of sp³-hybridized carbons (Fsp3) is 0.625. The minimum atomic E-state index is 0.191. The molecule has 1 aromatic rings. The highest BCUT2D eigenvalue weighted by molar-refractivity contribution is 5.84. The summed E-state index contributed by atoms with van der Waals surface area (Å²) >= 11 is 0. The molecule has 2 heterocycles. The molecule has 0 radical (unpaired) electrons. The van der Waals surface area contributed by atoms with Crippen LogP contribution in [0.25, 0.3) is 0 Å². The molecule has 0 amide bonds. The lowest BCUT2D eigenvalue weighted by atomic mass is 10.0. The van der Waals surface area contributed by atoms with E-state index < -0.39 is 0 Å². The summed E-state index contributed by atoms with van der Waals surface area (Å²) in [6, 6.07) is 0.191. The molecule has 20 heavy (non-hydrogen) atoms. The lowest BCUT2D eigenvalue weighted by Gasteiger charge is -2.27. The zero-order chi connectivity index (χ0) is 14.5. The Morgan fingerprint density at radius 1 is 1.50 bits per heavy atom. The molecule has 1 saturated heterocycles. The van der Waals surface area contributed by atoms with Crippen molar-refractivity contribution in [3.63, 3.8) is 0 Å². The van der Waals surface area contributed by atoms with Gasteiger partial charge < -0.3 is 9.84 Å². The second-order valence-electron chi connectivity index (χ2n) is 5.43. The number of rotatable bonds is 4. The van der Waals surface area contributed by atoms with E-state index in [1.165, 1.54) is 12.6 Å². The van der Waals surface area contributed by atoms with Crippen molar-refractivity contribution < 1.29 is 9.84 Å². The first-order valence-corrected chi connectivity index (χ1v) is 7.43. The summed E-state index contributed by atoms with van der Waals surface area (Å²) in [7, 11) is 0. The molecule has 2 unspecified atom stereocenters. The Kier molecular flexibility index (Phi) is 5.12. The third-order valence-electron chi connectivity index (χ3n) is 4.02. The topological polar surface area (TPSA) is 54.7 Å². The first-order chi connectivity index (χ1) is 9.63. The van der Waals surface area contributed by atoms with Gasteiger partial charge in [-0.3, -0.25) is 9.98 Å². The Morgan fingerprint density at radius 3 is 2.95 bits per heavy atom. The van der Waals surface area contributed by atoms with Crippen molar-refractivity contribution in [1.82, 2.24) is 4.98 Å². The minimum Gasteiger partial charge on any atom is -0.506 e. The fourth-order valence-corrected chi connectivity index (χ4v) is 2.63. The summed E-state index contributed by atoms with van der Waals surface area (Å²) in [5.74, 6) is 0.221. The number of aliphatic imine (C=N–C) groups is 1. The van der Waals surface area contributed by atoms with Crippen LogP contribution in [-0.2, 0) is 4.74 Å². The summed E-state index contributed by atoms with van der Waals surface area (Å²) in [6.45, 7) is 6.82. The van der Waals surface area contributed by atoms with Crippen molar-refractivity contribution in [1.29, 1.82) is 0 Å². The molecule has 1 N–H and O–H groups in total. The van der Waals surface area contributed by atoms with Crippen molar-refractivity contribution in [2.45, 2.75) is 58.6 Å². The van der Waals surface area contributed by atoms with E-state index >= 15 is 0 Å². The summed E-state index contributed by atoms with van der Waals surface area (Å²) in [5.41, 5.74) is 2.64. The van der Waals surface area contributed by atoms with Crippen molar-refractivity contribution in [2.75, 3.05) is 6.61 Å². The lowest BCUT2D eigenvalue weighted by molar-refractivity contribution is 0.000548. The zero-order valence-corrected chi connectivity index (χ0v) is 12.6. The molecule has 4 heteroatoms. The molecular weight excluding hydrogens is 252 g/mol. The standard InChI is InChI=1S/C16H24N2O2/c1-4-14(16-7-5-6-8-20-16)18-9-13-11(2)15(19)10-17-12(13)3/h9-10,14,16,19H,4-8H2,1-3H3. The highest BCUT2D eigenvalue weighted by Gasteiger charge is 2.22. The molecule has 1 aliphatic heterocycles. The van der Waals surface area contributed by atoms with Gasteiger partial charge in [-0.15, -0.1) is 0 Å². The van der Waals surface area contributed by atoms with Crippen molar-refractivity contribution in [3.8, 4) is 5.75 Å². The number of aromatic nitrogens is 1. The molecule has 4 nitrogen and oxygen atoms in total. The highest BCUT2D eigenvalue weighted by Crippen LogP contribution is 2.22. The van der Waals surface area contributed by atoms with Crippen molar-refractivity contribution in [2.24, 2.45) is 4.99 Å². The van der Waals surface area contributed by atoms with Gasteiger partial charge in [0.25, 0.3) is 0 Å². The average Bonchev–Trinajstić information content (AvgIpc) is 2.48. The van der Waals surface area contributed by atoms with E-state index in [4.69, 9.17) is 9.73 Å². The summed E-state index contributed by atoms with van der Waals surface area (Å²) < 4.78 is 5.82. The number of aryl methyl sites for hydroxylation is 1. The fourth-order valence-electron chi connectivity index (χ4n) is 2.63. The lowest BCUT2D eigenvalue weighted by Crippen LogP contribution is -2.30. The molecule has 1 fully saturated rings. The molecule has 0 aliphatic carbocycles. The molecule has 0 spiro atoms. The van der Waals surface area contributed by atoms with E-state index in [2.05, 4.69) is 11.9 Å². The average molecular weight is 276 g/mol. The molecule has 0 bridgehead atoms. The Labute approximate surface area is 120 Å². The minimum absolute atomic E-state index is 0.191. The zero-order valence-electron chi connectivity index (χ0n) is 12.6. The smallest absolute Gasteiger partial charge is 0.137 e. The van der Waals surface area contributed by atoms with Crippen LogP contribution in [0.1, 0.15) is 49.4 Å². The van der Waals surface area contributed by atoms with E-state index in [0.29, 0.717) is 0 Å². The first-order valence-electron chi connectivity index (χ1n) is 7.43. The monoisotopic (exact) mass is 276 g/mol. The predicted octanol–water partition coefficient (Wildman–Crippen LogP) is 3.17. The van der Waals surface area contributed by atoms with E-state index in [1.54, 1.807) is 0 Å². The van der Waals surface area contributed by atoms with E-state index in [1.807, 2.05) is 20.1 Å². The quantitative estimate of drug-likeness (QED) is 0.859. The first kappa shape index (κ1) is 15.0. The molecule has 0 aromatic carbocycles. The van der Waals surface area contributed by atoms with Gasteiger partial charge >= 0.3 is 0 Å². The molecule has 2 atom stereocenters. The number of nitrogens with zero attached hydrogens (tertiary/aromatic N) is 2. The summed E-state index contributed by atoms with van der Waals surface area (Å²) in [6.07, 6.45) is 8.01. The number of pyridine rings is 1. The Hall–Kier alpha value is -1.42. The summed E-state index contributed by atoms with van der Waals surface area (Å²) in [5, 5.41) is 9.75. The van der Waals surface area contributed by atoms with Crippen LogP contribution in [0.4, 0.5) is 0 Å². The van der Waals surface area contributed by atoms with Gasteiger partial charge in [-0.05, 0) is 39.5 Å². The van der Waals surface area contributed by atoms with E-state index in [0.717, 1.165) is 42.7 Å². The maximum Gasteiger partial charge on any atom is 0.137 e. The molecular formula is C16H24N2O2. The molecule has 2 rings (SSSR count). The van der Waals surface area contributed by atoms with Crippen molar-refractivity contribution >= 4 is 6.21 Å². The van der Waals surface area contributed by atoms with Gasteiger partial charge in [0.05, 0.1) is 18.3 Å². The van der Waals surface area contributed by atoms with Gasteiger partial charge in [0.1, 0.15) is 5.75 Å². The summed E-state index contributed by atoms with van der Waals surface area (Å²) in [4.78, 5) is 8.88. The number of ether oxygens (including phenoxy) is 1. The third-order valence-corrected chi connectivity index (χ3v) is 4.02. The van der Waals surface area contributed by atoms with Gasteiger partial charge in [-0.1, -0.05) is 6.92 Å². The van der Waals surface area contributed by atoms with Crippen molar-refractivity contribution in [3.05, 3.63) is 23.0 Å². The predicted molar refractivity (Wildman–Crippen MR) is 80.6 cm³/mol. The van der Waals surface area contributed by atoms with Gasteiger partial charge in [-0.25, -0.2) is 0 Å². The second-order valence-corrected chi connectivity index (χ2v) is 5.43. The van der Waals surface area contributed by atoms with Crippen LogP contribution in [0.2, 0.25) is 0 Å². The van der Waals surface area contributed by atoms with Gasteiger partial charge in [-0.2, -0.15) is 0 Å². The van der Waals surface area contributed by atoms with Crippen LogP contribution in [0.5, 0.6) is 5.75 Å². The Balaban J connectivity index is 2.16. The molecule has 1 aromatic heterocycles. The van der Waals surface area contributed by atoms with E-state index in [-0.39, 0.29) is 17.9 Å². The SMILES string of the molecule is CCC(N=Cc1c(C)ncc(O)c1C)C1CCCCO1. The van der Waals surface area contributed by atoms with E-state index in [9.17, 15) is 5.11 Å². The number of hydrogen-bond donors (Lipinski definition) is 1. The van der Waals surface area contributed by atoms with Gasteiger partial charge in [0, 0.05) is 29.6 Å².